The Bertz CT molecular complexity index is 711. The van der Waals surface area contributed by atoms with Crippen molar-refractivity contribution in [3.8, 4) is 11.1 Å². The largest absolute Gasteiger partial charge is 0.330 e. The van der Waals surface area contributed by atoms with Crippen molar-refractivity contribution in [2.45, 2.75) is 0 Å². The average molecular weight is 255 g/mol. The van der Waals surface area contributed by atoms with E-state index in [4.69, 9.17) is 11.6 Å². The van der Waals surface area contributed by atoms with Gasteiger partial charge in [0.25, 0.3) is 0 Å². The summed E-state index contributed by atoms with van der Waals surface area (Å²) in [5.41, 5.74) is 3.97. The fourth-order valence-corrected chi connectivity index (χ4v) is 2.36. The lowest BCUT2D eigenvalue weighted by Crippen LogP contribution is -1.78. The molecule has 0 aliphatic heterocycles. The van der Waals surface area contributed by atoms with Gasteiger partial charge in [0.2, 0.25) is 0 Å². The third-order valence-electron chi connectivity index (χ3n) is 2.96. The summed E-state index contributed by atoms with van der Waals surface area (Å²) in [5, 5.41) is 1.66. The molecular weight excluding hydrogens is 244 g/mol. The van der Waals surface area contributed by atoms with Gasteiger partial charge in [-0.2, -0.15) is 0 Å². The first-order valence-corrected chi connectivity index (χ1v) is 6.02. The van der Waals surface area contributed by atoms with E-state index in [-0.39, 0.29) is 0 Å². The summed E-state index contributed by atoms with van der Waals surface area (Å²) in [7, 11) is 0. The first-order chi connectivity index (χ1) is 8.79. The summed E-state index contributed by atoms with van der Waals surface area (Å²) in [4.78, 5) is 7.35. The zero-order valence-corrected chi connectivity index (χ0v) is 10.4. The first-order valence-electron chi connectivity index (χ1n) is 5.64. The molecule has 0 unspecified atom stereocenters. The molecule has 0 amide bonds. The highest BCUT2D eigenvalue weighted by atomic mass is 35.5. The van der Waals surface area contributed by atoms with Crippen LogP contribution in [-0.4, -0.2) is 9.97 Å². The summed E-state index contributed by atoms with van der Waals surface area (Å²) >= 11 is 6.26. The molecule has 0 fully saturated rings. The van der Waals surface area contributed by atoms with E-state index >= 15 is 0 Å². The molecule has 2 nitrogen and oxygen atoms in total. The molecule has 2 heterocycles. The minimum Gasteiger partial charge on any atom is -0.330 e. The Labute approximate surface area is 110 Å². The number of aromatic nitrogens is 2. The van der Waals surface area contributed by atoms with Crippen molar-refractivity contribution >= 4 is 28.7 Å². The number of benzene rings is 1. The molecule has 0 aliphatic carbocycles. The Hall–Kier alpha value is -2.06. The van der Waals surface area contributed by atoms with Crippen LogP contribution in [0, 0.1) is 0 Å². The molecule has 0 saturated heterocycles. The van der Waals surface area contributed by atoms with E-state index in [1.54, 1.807) is 6.20 Å². The van der Waals surface area contributed by atoms with Gasteiger partial charge in [-0.1, -0.05) is 48.5 Å². The number of H-pyrrole nitrogens is 1. The van der Waals surface area contributed by atoms with Crippen LogP contribution in [-0.2, 0) is 0 Å². The van der Waals surface area contributed by atoms with Crippen LogP contribution >= 0.6 is 11.6 Å². The Morgan fingerprint density at radius 2 is 1.94 bits per heavy atom. The molecule has 3 aromatic rings. The molecule has 3 heteroatoms. The van der Waals surface area contributed by atoms with E-state index in [1.807, 2.05) is 42.5 Å². The van der Waals surface area contributed by atoms with Gasteiger partial charge in [0.1, 0.15) is 10.8 Å². The minimum atomic E-state index is 0.620. The maximum Gasteiger partial charge on any atom is 0.139 e. The van der Waals surface area contributed by atoms with Crippen molar-refractivity contribution in [3.05, 3.63) is 59.9 Å². The molecule has 1 N–H and O–H groups in total. The van der Waals surface area contributed by atoms with Gasteiger partial charge in [-0.25, -0.2) is 4.98 Å². The van der Waals surface area contributed by atoms with Crippen LogP contribution in [0.4, 0.5) is 0 Å². The number of aromatic amines is 1. The smallest absolute Gasteiger partial charge is 0.139 e. The normalized spacial score (nSPS) is 10.7. The average Bonchev–Trinajstić information content (AvgIpc) is 2.75. The SMILES string of the molecule is C=Cc1ccc(-c2c(Cl)[nH]c3ncccc23)cc1. The Kier molecular flexibility index (Phi) is 2.65. The summed E-state index contributed by atoms with van der Waals surface area (Å²) in [5.74, 6) is 0. The Balaban J connectivity index is 2.23. The van der Waals surface area contributed by atoms with Crippen LogP contribution in [0.1, 0.15) is 5.56 Å². The van der Waals surface area contributed by atoms with E-state index in [0.717, 1.165) is 27.7 Å². The molecular formula is C15H11ClN2. The van der Waals surface area contributed by atoms with Crippen LogP contribution in [0.15, 0.2) is 49.2 Å². The van der Waals surface area contributed by atoms with E-state index < -0.39 is 0 Å². The van der Waals surface area contributed by atoms with Gasteiger partial charge in [-0.3, -0.25) is 0 Å². The van der Waals surface area contributed by atoms with Crippen molar-refractivity contribution in [2.75, 3.05) is 0 Å². The maximum atomic E-state index is 6.26. The number of hydrogen-bond donors (Lipinski definition) is 1. The van der Waals surface area contributed by atoms with Gasteiger partial charge in [-0.15, -0.1) is 0 Å². The third-order valence-corrected chi connectivity index (χ3v) is 3.24. The van der Waals surface area contributed by atoms with Crippen molar-refractivity contribution in [3.63, 3.8) is 0 Å². The lowest BCUT2D eigenvalue weighted by Gasteiger charge is -2.01. The number of rotatable bonds is 2. The summed E-state index contributed by atoms with van der Waals surface area (Å²) in [6.45, 7) is 3.75. The zero-order chi connectivity index (χ0) is 12.5. The molecule has 3 rings (SSSR count). The minimum absolute atomic E-state index is 0.620. The fraction of sp³-hybridized carbons (Fsp3) is 0. The second-order valence-electron chi connectivity index (χ2n) is 4.04. The summed E-state index contributed by atoms with van der Waals surface area (Å²) in [6, 6.07) is 12.0. The molecule has 0 aliphatic rings. The van der Waals surface area contributed by atoms with Crippen molar-refractivity contribution in [2.24, 2.45) is 0 Å². The molecule has 0 saturated carbocycles. The van der Waals surface area contributed by atoms with E-state index in [0.29, 0.717) is 5.15 Å². The van der Waals surface area contributed by atoms with Crippen molar-refractivity contribution < 1.29 is 0 Å². The first kappa shape index (κ1) is 11.1. The highest BCUT2D eigenvalue weighted by Gasteiger charge is 2.11. The van der Waals surface area contributed by atoms with Crippen molar-refractivity contribution in [1.82, 2.24) is 9.97 Å². The molecule has 1 aromatic carbocycles. The Morgan fingerprint density at radius 3 is 2.67 bits per heavy atom. The van der Waals surface area contributed by atoms with E-state index in [9.17, 15) is 0 Å². The van der Waals surface area contributed by atoms with Crippen LogP contribution in [0.25, 0.3) is 28.2 Å². The Morgan fingerprint density at radius 1 is 1.17 bits per heavy atom. The topological polar surface area (TPSA) is 28.7 Å². The predicted molar refractivity (Wildman–Crippen MR) is 76.6 cm³/mol. The molecule has 88 valence electrons. The van der Waals surface area contributed by atoms with E-state index in [1.165, 1.54) is 0 Å². The quantitative estimate of drug-likeness (QED) is 0.715. The number of hydrogen-bond acceptors (Lipinski definition) is 1. The fourth-order valence-electron chi connectivity index (χ4n) is 2.06. The molecule has 0 bridgehead atoms. The van der Waals surface area contributed by atoms with Crippen LogP contribution < -0.4 is 0 Å². The lowest BCUT2D eigenvalue weighted by molar-refractivity contribution is 1.33. The number of nitrogens with one attached hydrogen (secondary N) is 1. The number of halogens is 1. The number of pyridine rings is 1. The summed E-state index contributed by atoms with van der Waals surface area (Å²) < 4.78 is 0. The summed E-state index contributed by atoms with van der Waals surface area (Å²) in [6.07, 6.45) is 3.57. The van der Waals surface area contributed by atoms with Crippen LogP contribution in [0.2, 0.25) is 5.15 Å². The van der Waals surface area contributed by atoms with Gasteiger partial charge in [0.15, 0.2) is 0 Å². The van der Waals surface area contributed by atoms with Crippen LogP contribution in [0.5, 0.6) is 0 Å². The van der Waals surface area contributed by atoms with Crippen LogP contribution in [0.3, 0.4) is 0 Å². The number of fused-ring (bicyclic) bond motifs is 1. The molecule has 2 aromatic heterocycles. The maximum absolute atomic E-state index is 6.26. The molecule has 0 spiro atoms. The molecule has 18 heavy (non-hydrogen) atoms. The van der Waals surface area contributed by atoms with Gasteiger partial charge in [0.05, 0.1) is 0 Å². The lowest BCUT2D eigenvalue weighted by atomic mass is 10.0. The van der Waals surface area contributed by atoms with Gasteiger partial charge >= 0.3 is 0 Å². The third kappa shape index (κ3) is 1.71. The monoisotopic (exact) mass is 254 g/mol. The molecule has 0 radical (unpaired) electrons. The van der Waals surface area contributed by atoms with E-state index in [2.05, 4.69) is 16.5 Å². The second kappa shape index (κ2) is 4.31. The second-order valence-corrected chi connectivity index (χ2v) is 4.42. The van der Waals surface area contributed by atoms with Gasteiger partial charge in [0, 0.05) is 17.1 Å². The standard InChI is InChI=1S/C15H11ClN2/c1-2-10-5-7-11(8-6-10)13-12-4-3-9-17-15(12)18-14(13)16/h2-9H,1H2,(H,17,18). The van der Waals surface area contributed by atoms with Gasteiger partial charge in [-0.05, 0) is 23.3 Å². The number of nitrogens with zero attached hydrogens (tertiary/aromatic N) is 1. The van der Waals surface area contributed by atoms with Gasteiger partial charge < -0.3 is 4.98 Å². The highest BCUT2D eigenvalue weighted by molar-refractivity contribution is 6.34. The zero-order valence-electron chi connectivity index (χ0n) is 9.65. The van der Waals surface area contributed by atoms with Crippen molar-refractivity contribution in [1.29, 1.82) is 0 Å². The molecule has 0 atom stereocenters. The predicted octanol–water partition coefficient (Wildman–Crippen LogP) is 4.53. The highest BCUT2D eigenvalue weighted by Crippen LogP contribution is 2.34.